The summed E-state index contributed by atoms with van der Waals surface area (Å²) in [5.74, 6) is -0.620. The monoisotopic (exact) mass is 363 g/mol. The lowest BCUT2D eigenvalue weighted by Crippen LogP contribution is -2.39. The first-order valence-electron chi connectivity index (χ1n) is 7.46. The number of rotatable bonds is 5. The van der Waals surface area contributed by atoms with Crippen molar-refractivity contribution in [2.24, 2.45) is 5.41 Å². The van der Waals surface area contributed by atoms with Gasteiger partial charge in [-0.3, -0.25) is 14.6 Å². The maximum absolute atomic E-state index is 12.5. The fourth-order valence-electron chi connectivity index (χ4n) is 2.35. The number of hydrogen-bond donors (Lipinski definition) is 2. The summed E-state index contributed by atoms with van der Waals surface area (Å²) in [6.45, 7) is 0.293. The second kappa shape index (κ2) is 6.79. The van der Waals surface area contributed by atoms with Gasteiger partial charge >= 0.3 is 0 Å². The Kier molecular flexibility index (Phi) is 4.73. The van der Waals surface area contributed by atoms with Gasteiger partial charge in [-0.2, -0.15) is 0 Å². The number of nitrogens with zero attached hydrogens (tertiary/aromatic N) is 1. The van der Waals surface area contributed by atoms with Crippen molar-refractivity contribution in [3.8, 4) is 0 Å². The maximum atomic E-state index is 12.5. The third-order valence-corrected chi connectivity index (χ3v) is 4.69. The number of aromatic nitrogens is 1. The van der Waals surface area contributed by atoms with Gasteiger partial charge in [0, 0.05) is 11.9 Å². The zero-order valence-corrected chi connectivity index (χ0v) is 14.2. The van der Waals surface area contributed by atoms with Crippen LogP contribution in [0.2, 0.25) is 10.0 Å². The Balaban J connectivity index is 1.63. The molecule has 2 amide bonds. The molecule has 0 atom stereocenters. The Bertz CT molecular complexity index is 777. The second-order valence-corrected chi connectivity index (χ2v) is 6.48. The number of hydrogen-bond acceptors (Lipinski definition) is 3. The Morgan fingerprint density at radius 1 is 1.08 bits per heavy atom. The molecule has 1 aromatic carbocycles. The molecule has 2 aromatic rings. The van der Waals surface area contributed by atoms with Crippen molar-refractivity contribution in [3.63, 3.8) is 0 Å². The predicted octanol–water partition coefficient (Wildman–Crippen LogP) is 3.42. The van der Waals surface area contributed by atoms with E-state index in [2.05, 4.69) is 15.6 Å². The van der Waals surface area contributed by atoms with Crippen molar-refractivity contribution >= 4 is 40.7 Å². The Hall–Kier alpha value is -2.11. The molecule has 0 radical (unpaired) electrons. The van der Waals surface area contributed by atoms with Crippen molar-refractivity contribution in [3.05, 3.63) is 58.3 Å². The molecule has 1 fully saturated rings. The van der Waals surface area contributed by atoms with Crippen LogP contribution in [0.25, 0.3) is 0 Å². The summed E-state index contributed by atoms with van der Waals surface area (Å²) in [5.41, 5.74) is 0.241. The maximum Gasteiger partial charge on any atom is 0.240 e. The minimum Gasteiger partial charge on any atom is -0.350 e. The largest absolute Gasteiger partial charge is 0.350 e. The standard InChI is InChI=1S/C17H15Cl2N3O2/c18-13-5-4-11(9-14(13)19)22-16(24)17(6-7-17)15(23)21-10-12-3-1-2-8-20-12/h1-5,8-9H,6-7,10H2,(H,21,23)(H,22,24). The number of anilines is 1. The van der Waals surface area contributed by atoms with Crippen LogP contribution in [0.3, 0.4) is 0 Å². The molecular weight excluding hydrogens is 349 g/mol. The predicted molar refractivity (Wildman–Crippen MR) is 92.8 cm³/mol. The summed E-state index contributed by atoms with van der Waals surface area (Å²) >= 11 is 11.8. The second-order valence-electron chi connectivity index (χ2n) is 5.67. The highest BCUT2D eigenvalue weighted by atomic mass is 35.5. The van der Waals surface area contributed by atoms with Crippen LogP contribution in [0.1, 0.15) is 18.5 Å². The van der Waals surface area contributed by atoms with E-state index < -0.39 is 5.41 Å². The molecule has 1 saturated carbocycles. The molecule has 2 N–H and O–H groups in total. The molecule has 124 valence electrons. The van der Waals surface area contributed by atoms with Gasteiger partial charge in [0.1, 0.15) is 5.41 Å². The van der Waals surface area contributed by atoms with E-state index in [4.69, 9.17) is 23.2 Å². The van der Waals surface area contributed by atoms with Gasteiger partial charge in [0.15, 0.2) is 0 Å². The minimum atomic E-state index is -1.01. The molecule has 24 heavy (non-hydrogen) atoms. The van der Waals surface area contributed by atoms with Crippen LogP contribution in [0, 0.1) is 5.41 Å². The zero-order valence-electron chi connectivity index (χ0n) is 12.7. The van der Waals surface area contributed by atoms with Crippen molar-refractivity contribution in [1.29, 1.82) is 0 Å². The average Bonchev–Trinajstić information content (AvgIpc) is 3.39. The van der Waals surface area contributed by atoms with Crippen LogP contribution in [0.4, 0.5) is 5.69 Å². The lowest BCUT2D eigenvalue weighted by atomic mass is 10.0. The van der Waals surface area contributed by atoms with Crippen molar-refractivity contribution in [1.82, 2.24) is 10.3 Å². The van der Waals surface area contributed by atoms with Crippen molar-refractivity contribution in [2.75, 3.05) is 5.32 Å². The zero-order chi connectivity index (χ0) is 17.2. The highest BCUT2D eigenvalue weighted by Gasteiger charge is 2.56. The number of nitrogens with one attached hydrogen (secondary N) is 2. The highest BCUT2D eigenvalue weighted by molar-refractivity contribution is 6.42. The third-order valence-electron chi connectivity index (χ3n) is 3.95. The normalized spacial score (nSPS) is 14.8. The van der Waals surface area contributed by atoms with E-state index in [1.165, 1.54) is 0 Å². The van der Waals surface area contributed by atoms with Crippen LogP contribution in [-0.4, -0.2) is 16.8 Å². The first-order valence-corrected chi connectivity index (χ1v) is 8.21. The van der Waals surface area contributed by atoms with E-state index in [0.29, 0.717) is 35.1 Å². The number of carbonyl (C=O) groups is 2. The summed E-state index contributed by atoms with van der Waals surface area (Å²) in [6.07, 6.45) is 2.70. The molecule has 1 aliphatic carbocycles. The van der Waals surface area contributed by atoms with Crippen LogP contribution in [-0.2, 0) is 16.1 Å². The lowest BCUT2D eigenvalue weighted by molar-refractivity contribution is -0.134. The van der Waals surface area contributed by atoms with Crippen molar-refractivity contribution < 1.29 is 9.59 Å². The Labute approximate surface area is 149 Å². The third kappa shape index (κ3) is 3.52. The number of amides is 2. The van der Waals surface area contributed by atoms with Gasteiger partial charge < -0.3 is 10.6 Å². The molecule has 1 aliphatic rings. The lowest BCUT2D eigenvalue weighted by Gasteiger charge is -2.15. The molecule has 1 heterocycles. The van der Waals surface area contributed by atoms with Crippen LogP contribution >= 0.6 is 23.2 Å². The molecule has 3 rings (SSSR count). The van der Waals surface area contributed by atoms with Crippen LogP contribution in [0.5, 0.6) is 0 Å². The van der Waals surface area contributed by atoms with E-state index in [-0.39, 0.29) is 11.8 Å². The molecule has 0 spiro atoms. The molecule has 7 heteroatoms. The quantitative estimate of drug-likeness (QED) is 0.799. The van der Waals surface area contributed by atoms with E-state index >= 15 is 0 Å². The summed E-state index contributed by atoms with van der Waals surface area (Å²) in [6, 6.07) is 10.3. The summed E-state index contributed by atoms with van der Waals surface area (Å²) in [4.78, 5) is 29.0. The van der Waals surface area contributed by atoms with Gasteiger partial charge in [-0.15, -0.1) is 0 Å². The van der Waals surface area contributed by atoms with Gasteiger partial charge in [0.2, 0.25) is 11.8 Å². The summed E-state index contributed by atoms with van der Waals surface area (Å²) in [5, 5.41) is 6.27. The van der Waals surface area contributed by atoms with Gasteiger partial charge in [-0.05, 0) is 43.2 Å². The first kappa shape index (κ1) is 16.7. The Morgan fingerprint density at radius 2 is 1.88 bits per heavy atom. The van der Waals surface area contributed by atoms with Crippen LogP contribution < -0.4 is 10.6 Å². The SMILES string of the molecule is O=C(NCc1ccccn1)C1(C(=O)Nc2ccc(Cl)c(Cl)c2)CC1. The number of carbonyl (C=O) groups excluding carboxylic acids is 2. The highest BCUT2D eigenvalue weighted by Crippen LogP contribution is 2.47. The molecule has 5 nitrogen and oxygen atoms in total. The molecule has 0 bridgehead atoms. The van der Waals surface area contributed by atoms with E-state index in [1.54, 1.807) is 30.5 Å². The van der Waals surface area contributed by atoms with Gasteiger partial charge in [0.05, 0.1) is 22.3 Å². The van der Waals surface area contributed by atoms with Crippen LogP contribution in [0.15, 0.2) is 42.6 Å². The number of benzene rings is 1. The summed E-state index contributed by atoms with van der Waals surface area (Å²) in [7, 11) is 0. The first-order chi connectivity index (χ1) is 11.5. The Morgan fingerprint density at radius 3 is 2.50 bits per heavy atom. The van der Waals surface area contributed by atoms with Crippen molar-refractivity contribution in [2.45, 2.75) is 19.4 Å². The number of pyridine rings is 1. The smallest absolute Gasteiger partial charge is 0.240 e. The average molecular weight is 364 g/mol. The number of halogens is 2. The minimum absolute atomic E-state index is 0.286. The molecular formula is C17H15Cl2N3O2. The molecule has 0 aliphatic heterocycles. The molecule has 0 saturated heterocycles. The van der Waals surface area contributed by atoms with E-state index in [9.17, 15) is 9.59 Å². The topological polar surface area (TPSA) is 71.1 Å². The van der Waals surface area contributed by atoms with Gasteiger partial charge in [-0.25, -0.2) is 0 Å². The van der Waals surface area contributed by atoms with Gasteiger partial charge in [0.25, 0.3) is 0 Å². The van der Waals surface area contributed by atoms with E-state index in [1.807, 2.05) is 12.1 Å². The fourth-order valence-corrected chi connectivity index (χ4v) is 2.65. The van der Waals surface area contributed by atoms with E-state index in [0.717, 1.165) is 5.69 Å². The molecule has 0 unspecified atom stereocenters. The fraction of sp³-hybridized carbons (Fsp3) is 0.235. The van der Waals surface area contributed by atoms with Gasteiger partial charge in [-0.1, -0.05) is 29.3 Å². The molecule has 1 aromatic heterocycles. The summed E-state index contributed by atoms with van der Waals surface area (Å²) < 4.78 is 0.